The van der Waals surface area contributed by atoms with Gasteiger partial charge in [0.1, 0.15) is 0 Å². The van der Waals surface area contributed by atoms with Crippen LogP contribution in [0.4, 0.5) is 0 Å². The first-order valence-electron chi connectivity index (χ1n) is 9.57. The Kier molecular flexibility index (Phi) is 7.17. The highest BCUT2D eigenvalue weighted by Gasteiger charge is 2.20. The van der Waals surface area contributed by atoms with E-state index in [4.69, 9.17) is 0 Å². The minimum Gasteiger partial charge on any atom is -0.207 e. The van der Waals surface area contributed by atoms with Gasteiger partial charge in [0, 0.05) is 0 Å². The van der Waals surface area contributed by atoms with Gasteiger partial charge in [0.2, 0.25) is 10.0 Å². The third kappa shape index (κ3) is 6.28. The summed E-state index contributed by atoms with van der Waals surface area (Å²) < 4.78 is 28.5. The van der Waals surface area contributed by atoms with E-state index in [1.165, 1.54) is 0 Å². The summed E-state index contributed by atoms with van der Waals surface area (Å²) in [6.45, 7) is 2.02. The van der Waals surface area contributed by atoms with Crippen LogP contribution in [0.3, 0.4) is 0 Å². The molecule has 29 heavy (non-hydrogen) atoms. The number of benzene rings is 3. The molecule has 4 heteroatoms. The monoisotopic (exact) mass is 403 g/mol. The van der Waals surface area contributed by atoms with Crippen LogP contribution >= 0.6 is 0 Å². The topological polar surface area (TPSA) is 46.2 Å². The molecular formula is C25H25NO2S. The molecule has 0 spiro atoms. The van der Waals surface area contributed by atoms with Crippen LogP contribution in [0.25, 0.3) is 6.08 Å². The lowest BCUT2D eigenvalue weighted by molar-refractivity contribution is 0.557. The summed E-state index contributed by atoms with van der Waals surface area (Å²) in [7, 11) is -3.61. The molecule has 3 aromatic carbocycles. The molecule has 1 unspecified atom stereocenters. The van der Waals surface area contributed by atoms with Crippen molar-refractivity contribution in [3.63, 3.8) is 0 Å². The largest absolute Gasteiger partial charge is 0.241 e. The van der Waals surface area contributed by atoms with E-state index in [0.717, 1.165) is 16.7 Å². The van der Waals surface area contributed by atoms with Crippen LogP contribution in [-0.4, -0.2) is 8.42 Å². The number of nitrogens with one attached hydrogen (secondary N) is 1. The van der Waals surface area contributed by atoms with Crippen LogP contribution in [0.1, 0.15) is 30.5 Å². The molecule has 0 aliphatic heterocycles. The van der Waals surface area contributed by atoms with E-state index < -0.39 is 10.0 Å². The van der Waals surface area contributed by atoms with Crippen LogP contribution in [0.5, 0.6) is 0 Å². The quantitative estimate of drug-likeness (QED) is 0.486. The van der Waals surface area contributed by atoms with Gasteiger partial charge in [0.25, 0.3) is 0 Å². The Morgan fingerprint density at radius 1 is 0.862 bits per heavy atom. The molecule has 0 heterocycles. The summed E-state index contributed by atoms with van der Waals surface area (Å²) in [5.41, 5.74) is 3.14. The molecule has 0 fully saturated rings. The van der Waals surface area contributed by atoms with Crippen molar-refractivity contribution in [2.24, 2.45) is 0 Å². The van der Waals surface area contributed by atoms with Crippen molar-refractivity contribution in [1.29, 1.82) is 0 Å². The van der Waals surface area contributed by atoms with E-state index in [-0.39, 0.29) is 10.9 Å². The molecule has 0 radical (unpaired) electrons. The number of allylic oxidation sites excluding steroid dienone is 2. The van der Waals surface area contributed by atoms with Gasteiger partial charge in [-0.1, -0.05) is 103 Å². The second-order valence-corrected chi connectivity index (χ2v) is 8.54. The first-order valence-corrected chi connectivity index (χ1v) is 11.1. The fourth-order valence-electron chi connectivity index (χ4n) is 2.96. The van der Waals surface area contributed by atoms with Crippen molar-refractivity contribution in [2.75, 3.05) is 0 Å². The molecule has 0 aromatic heterocycles. The fraction of sp³-hybridized carbons (Fsp3) is 0.120. The van der Waals surface area contributed by atoms with E-state index in [1.54, 1.807) is 30.3 Å². The Hall–Kier alpha value is -2.95. The number of hydrogen-bond donors (Lipinski definition) is 1. The number of hydrogen-bond acceptors (Lipinski definition) is 2. The molecule has 0 saturated carbocycles. The SMILES string of the molecule is CC(/C=C/c1ccccc1)=C\CC(NS(=O)(=O)c1ccccc1)c1ccccc1. The Morgan fingerprint density at radius 3 is 2.03 bits per heavy atom. The predicted octanol–water partition coefficient (Wildman–Crippen LogP) is 5.76. The molecular weight excluding hydrogens is 378 g/mol. The smallest absolute Gasteiger partial charge is 0.207 e. The zero-order chi connectivity index (χ0) is 20.5. The molecule has 0 aliphatic rings. The van der Waals surface area contributed by atoms with E-state index in [2.05, 4.69) is 16.9 Å². The summed E-state index contributed by atoms with van der Waals surface area (Å²) in [6.07, 6.45) is 6.71. The third-order valence-electron chi connectivity index (χ3n) is 4.57. The van der Waals surface area contributed by atoms with Gasteiger partial charge in [0.05, 0.1) is 10.9 Å². The lowest BCUT2D eigenvalue weighted by atomic mass is 10.0. The van der Waals surface area contributed by atoms with Crippen molar-refractivity contribution < 1.29 is 8.42 Å². The third-order valence-corrected chi connectivity index (χ3v) is 6.05. The molecule has 1 atom stereocenters. The molecule has 0 aliphatic carbocycles. The average molecular weight is 404 g/mol. The molecule has 0 saturated heterocycles. The molecule has 3 aromatic rings. The minimum absolute atomic E-state index is 0.269. The highest BCUT2D eigenvalue weighted by Crippen LogP contribution is 2.22. The van der Waals surface area contributed by atoms with Gasteiger partial charge in [0.15, 0.2) is 0 Å². The normalized spacial score (nSPS) is 13.5. The maximum atomic E-state index is 12.8. The number of rotatable bonds is 8. The second-order valence-electron chi connectivity index (χ2n) is 6.83. The van der Waals surface area contributed by atoms with Gasteiger partial charge < -0.3 is 0 Å². The van der Waals surface area contributed by atoms with Gasteiger partial charge in [-0.05, 0) is 36.6 Å². The Balaban J connectivity index is 1.79. The Bertz CT molecular complexity index is 1060. The van der Waals surface area contributed by atoms with Crippen molar-refractivity contribution in [1.82, 2.24) is 4.72 Å². The van der Waals surface area contributed by atoms with Crippen molar-refractivity contribution in [2.45, 2.75) is 24.3 Å². The van der Waals surface area contributed by atoms with Crippen molar-refractivity contribution in [3.05, 3.63) is 120 Å². The summed E-state index contributed by atoms with van der Waals surface area (Å²) >= 11 is 0. The van der Waals surface area contributed by atoms with Gasteiger partial charge in [-0.2, -0.15) is 0 Å². The van der Waals surface area contributed by atoms with Gasteiger partial charge in [-0.25, -0.2) is 13.1 Å². The standard InChI is InChI=1S/C25H25NO2S/c1-21(17-19-22-11-5-2-6-12-22)18-20-25(23-13-7-3-8-14-23)26-29(27,28)24-15-9-4-10-16-24/h2-19,25-26H,20H2,1H3/b19-17+,21-18+. The molecule has 0 amide bonds. The first kappa shape index (κ1) is 20.8. The average Bonchev–Trinajstić information content (AvgIpc) is 2.77. The highest BCUT2D eigenvalue weighted by atomic mass is 32.2. The molecule has 1 N–H and O–H groups in total. The Labute approximate surface area is 173 Å². The zero-order valence-electron chi connectivity index (χ0n) is 16.4. The highest BCUT2D eigenvalue weighted by molar-refractivity contribution is 7.89. The van der Waals surface area contributed by atoms with E-state index >= 15 is 0 Å². The maximum Gasteiger partial charge on any atom is 0.241 e. The summed E-state index contributed by atoms with van der Waals surface area (Å²) in [5.74, 6) is 0. The van der Waals surface area contributed by atoms with Gasteiger partial charge in [-0.3, -0.25) is 0 Å². The van der Waals surface area contributed by atoms with E-state index in [0.29, 0.717) is 6.42 Å². The van der Waals surface area contributed by atoms with Crippen molar-refractivity contribution in [3.8, 4) is 0 Å². The zero-order valence-corrected chi connectivity index (χ0v) is 17.2. The predicted molar refractivity (Wildman–Crippen MR) is 120 cm³/mol. The summed E-state index contributed by atoms with van der Waals surface area (Å²) in [4.78, 5) is 0.269. The number of sulfonamides is 1. The van der Waals surface area contributed by atoms with Crippen LogP contribution in [0.2, 0.25) is 0 Å². The first-order chi connectivity index (χ1) is 14.0. The molecule has 148 valence electrons. The lowest BCUT2D eigenvalue weighted by Gasteiger charge is -2.18. The van der Waals surface area contributed by atoms with Gasteiger partial charge in [-0.15, -0.1) is 0 Å². The van der Waals surface area contributed by atoms with Gasteiger partial charge >= 0.3 is 0 Å². The van der Waals surface area contributed by atoms with Crippen LogP contribution < -0.4 is 4.72 Å². The summed E-state index contributed by atoms with van der Waals surface area (Å²) in [6, 6.07) is 27.9. The molecule has 0 bridgehead atoms. The molecule has 3 rings (SSSR count). The van der Waals surface area contributed by atoms with Crippen molar-refractivity contribution >= 4 is 16.1 Å². The van der Waals surface area contributed by atoms with Crippen LogP contribution in [0.15, 0.2) is 114 Å². The lowest BCUT2D eigenvalue weighted by Crippen LogP contribution is -2.28. The Morgan fingerprint density at radius 2 is 1.41 bits per heavy atom. The fourth-order valence-corrected chi connectivity index (χ4v) is 4.21. The van der Waals surface area contributed by atoms with E-state index in [9.17, 15) is 8.42 Å². The van der Waals surface area contributed by atoms with Crippen LogP contribution in [0, 0.1) is 0 Å². The second kappa shape index (κ2) is 10.0. The van der Waals surface area contributed by atoms with E-state index in [1.807, 2.05) is 73.7 Å². The maximum absolute atomic E-state index is 12.8. The minimum atomic E-state index is -3.61. The van der Waals surface area contributed by atoms with Crippen LogP contribution in [-0.2, 0) is 10.0 Å². The molecule has 3 nitrogen and oxygen atoms in total. The summed E-state index contributed by atoms with van der Waals surface area (Å²) in [5, 5.41) is 0.